The molecule has 2 N–H and O–H groups in total. The summed E-state index contributed by atoms with van der Waals surface area (Å²) < 4.78 is 5.85. The summed E-state index contributed by atoms with van der Waals surface area (Å²) in [4.78, 5) is 6.68. The fraction of sp³-hybridized carbons (Fsp3) is 0.235. The second kappa shape index (κ2) is 5.97. The molecule has 0 aliphatic carbocycles. The van der Waals surface area contributed by atoms with E-state index in [-0.39, 0.29) is 0 Å². The minimum Gasteiger partial charge on any atom is -0.423 e. The third kappa shape index (κ3) is 2.76. The van der Waals surface area contributed by atoms with E-state index in [0.29, 0.717) is 12.6 Å². The van der Waals surface area contributed by atoms with Gasteiger partial charge in [-0.2, -0.15) is 4.98 Å². The number of anilines is 1. The summed E-state index contributed by atoms with van der Waals surface area (Å²) in [6, 6.07) is 16.7. The van der Waals surface area contributed by atoms with Gasteiger partial charge in [-0.25, -0.2) is 0 Å². The van der Waals surface area contributed by atoms with Gasteiger partial charge in [-0.15, -0.1) is 0 Å². The van der Waals surface area contributed by atoms with E-state index in [9.17, 15) is 0 Å². The van der Waals surface area contributed by atoms with Crippen LogP contribution in [-0.4, -0.2) is 11.5 Å². The summed E-state index contributed by atoms with van der Waals surface area (Å²) in [5, 5.41) is 0. The molecule has 108 valence electrons. The molecule has 0 fully saturated rings. The van der Waals surface area contributed by atoms with Crippen LogP contribution < -0.4 is 10.6 Å². The Bertz CT molecular complexity index is 702. The average molecular weight is 281 g/mol. The Balaban J connectivity index is 1.91. The maximum absolute atomic E-state index is 5.85. The number of benzene rings is 2. The molecule has 3 rings (SSSR count). The molecule has 21 heavy (non-hydrogen) atoms. The lowest BCUT2D eigenvalue weighted by molar-refractivity contribution is 0.569. The first-order valence-electron chi connectivity index (χ1n) is 7.19. The predicted octanol–water partition coefficient (Wildman–Crippen LogP) is 3.31. The highest BCUT2D eigenvalue weighted by Crippen LogP contribution is 2.23. The zero-order valence-corrected chi connectivity index (χ0v) is 12.1. The SMILES string of the molecule is CCN(Cc1ccccc1CN)c1nc2ccccc2o1. The van der Waals surface area contributed by atoms with Crippen molar-refractivity contribution in [2.75, 3.05) is 11.4 Å². The molecule has 0 bridgehead atoms. The van der Waals surface area contributed by atoms with Crippen LogP contribution in [0, 0.1) is 0 Å². The summed E-state index contributed by atoms with van der Waals surface area (Å²) in [6.07, 6.45) is 0. The summed E-state index contributed by atoms with van der Waals surface area (Å²) in [5.74, 6) is 0. The zero-order valence-electron chi connectivity index (χ0n) is 12.1. The number of fused-ring (bicyclic) bond motifs is 1. The van der Waals surface area contributed by atoms with Crippen LogP contribution in [0.25, 0.3) is 11.1 Å². The van der Waals surface area contributed by atoms with E-state index in [4.69, 9.17) is 10.2 Å². The van der Waals surface area contributed by atoms with Gasteiger partial charge < -0.3 is 15.1 Å². The largest absolute Gasteiger partial charge is 0.423 e. The second-order valence-electron chi connectivity index (χ2n) is 4.95. The van der Waals surface area contributed by atoms with Crippen LogP contribution in [0.2, 0.25) is 0 Å². The molecule has 1 aromatic heterocycles. The highest BCUT2D eigenvalue weighted by atomic mass is 16.4. The fourth-order valence-corrected chi connectivity index (χ4v) is 2.43. The van der Waals surface area contributed by atoms with E-state index in [2.05, 4.69) is 28.9 Å². The molecule has 0 saturated heterocycles. The molecule has 0 radical (unpaired) electrons. The van der Waals surface area contributed by atoms with E-state index in [1.54, 1.807) is 0 Å². The van der Waals surface area contributed by atoms with Crippen LogP contribution >= 0.6 is 0 Å². The van der Waals surface area contributed by atoms with Crippen LogP contribution in [0.4, 0.5) is 6.01 Å². The van der Waals surface area contributed by atoms with Gasteiger partial charge in [0, 0.05) is 19.6 Å². The topological polar surface area (TPSA) is 55.3 Å². The molecule has 3 aromatic rings. The van der Waals surface area contributed by atoms with Gasteiger partial charge >= 0.3 is 0 Å². The van der Waals surface area contributed by atoms with Crippen molar-refractivity contribution in [2.45, 2.75) is 20.0 Å². The fourth-order valence-electron chi connectivity index (χ4n) is 2.43. The van der Waals surface area contributed by atoms with Gasteiger partial charge in [0.1, 0.15) is 5.52 Å². The number of rotatable bonds is 5. The maximum atomic E-state index is 5.85. The molecule has 4 heteroatoms. The second-order valence-corrected chi connectivity index (χ2v) is 4.95. The van der Waals surface area contributed by atoms with Crippen molar-refractivity contribution in [3.8, 4) is 0 Å². The molecule has 0 saturated carbocycles. The summed E-state index contributed by atoms with van der Waals surface area (Å²) in [6.45, 7) is 4.21. The standard InChI is InChI=1S/C17H19N3O/c1-2-20(12-14-8-4-3-7-13(14)11-18)17-19-15-9-5-6-10-16(15)21-17/h3-10H,2,11-12,18H2,1H3. The molecule has 4 nitrogen and oxygen atoms in total. The lowest BCUT2D eigenvalue weighted by Gasteiger charge is -2.20. The average Bonchev–Trinajstić information content (AvgIpc) is 2.96. The van der Waals surface area contributed by atoms with Crippen LogP contribution in [0.1, 0.15) is 18.1 Å². The van der Waals surface area contributed by atoms with Crippen LogP contribution in [0.5, 0.6) is 0 Å². The van der Waals surface area contributed by atoms with E-state index in [1.165, 1.54) is 5.56 Å². The number of nitrogens with two attached hydrogens (primary N) is 1. The van der Waals surface area contributed by atoms with Crippen molar-refractivity contribution < 1.29 is 4.42 Å². The molecule has 0 amide bonds. The number of aromatic nitrogens is 1. The Morgan fingerprint density at radius 1 is 1.05 bits per heavy atom. The summed E-state index contributed by atoms with van der Waals surface area (Å²) in [7, 11) is 0. The van der Waals surface area contributed by atoms with E-state index in [1.807, 2.05) is 36.4 Å². The van der Waals surface area contributed by atoms with Gasteiger partial charge in [0.2, 0.25) is 0 Å². The first-order chi connectivity index (χ1) is 10.3. The Morgan fingerprint density at radius 2 is 1.76 bits per heavy atom. The maximum Gasteiger partial charge on any atom is 0.298 e. The van der Waals surface area contributed by atoms with Gasteiger partial charge in [-0.05, 0) is 30.2 Å². The predicted molar refractivity (Wildman–Crippen MR) is 85.1 cm³/mol. The van der Waals surface area contributed by atoms with Crippen molar-refractivity contribution in [2.24, 2.45) is 5.73 Å². The van der Waals surface area contributed by atoms with Crippen molar-refractivity contribution in [1.82, 2.24) is 4.98 Å². The molecule has 0 aliphatic heterocycles. The summed E-state index contributed by atoms with van der Waals surface area (Å²) in [5.41, 5.74) is 9.89. The lowest BCUT2D eigenvalue weighted by atomic mass is 10.1. The first-order valence-corrected chi connectivity index (χ1v) is 7.19. The lowest BCUT2D eigenvalue weighted by Crippen LogP contribution is -2.23. The van der Waals surface area contributed by atoms with Crippen molar-refractivity contribution in [1.29, 1.82) is 0 Å². The summed E-state index contributed by atoms with van der Waals surface area (Å²) >= 11 is 0. The minimum absolute atomic E-state index is 0.543. The Morgan fingerprint density at radius 3 is 2.48 bits per heavy atom. The molecule has 2 aromatic carbocycles. The highest BCUT2D eigenvalue weighted by Gasteiger charge is 2.14. The third-order valence-electron chi connectivity index (χ3n) is 3.63. The molecule has 0 unspecified atom stereocenters. The highest BCUT2D eigenvalue weighted by molar-refractivity contribution is 5.74. The Hall–Kier alpha value is -2.33. The van der Waals surface area contributed by atoms with Gasteiger partial charge in [-0.3, -0.25) is 0 Å². The molecule has 0 spiro atoms. The number of hydrogen-bond acceptors (Lipinski definition) is 4. The van der Waals surface area contributed by atoms with Gasteiger partial charge in [-0.1, -0.05) is 36.4 Å². The smallest absolute Gasteiger partial charge is 0.298 e. The Kier molecular flexibility index (Phi) is 3.88. The first kappa shape index (κ1) is 13.6. The minimum atomic E-state index is 0.543. The van der Waals surface area contributed by atoms with Gasteiger partial charge in [0.05, 0.1) is 0 Å². The van der Waals surface area contributed by atoms with Crippen molar-refractivity contribution >= 4 is 17.1 Å². The van der Waals surface area contributed by atoms with Crippen molar-refractivity contribution in [3.63, 3.8) is 0 Å². The number of para-hydroxylation sites is 2. The zero-order chi connectivity index (χ0) is 14.7. The molecule has 0 aliphatic rings. The van der Waals surface area contributed by atoms with Gasteiger partial charge in [0.25, 0.3) is 6.01 Å². The third-order valence-corrected chi connectivity index (χ3v) is 3.63. The van der Waals surface area contributed by atoms with Crippen LogP contribution in [0.3, 0.4) is 0 Å². The molecular weight excluding hydrogens is 262 g/mol. The van der Waals surface area contributed by atoms with E-state index in [0.717, 1.165) is 29.8 Å². The molecule has 0 atom stereocenters. The van der Waals surface area contributed by atoms with Crippen molar-refractivity contribution in [3.05, 3.63) is 59.7 Å². The normalized spacial score (nSPS) is 11.0. The van der Waals surface area contributed by atoms with Crippen LogP contribution in [0.15, 0.2) is 52.9 Å². The quantitative estimate of drug-likeness (QED) is 0.779. The monoisotopic (exact) mass is 281 g/mol. The number of oxazole rings is 1. The number of nitrogens with zero attached hydrogens (tertiary/aromatic N) is 2. The molecule has 1 heterocycles. The van der Waals surface area contributed by atoms with Gasteiger partial charge in [0.15, 0.2) is 5.58 Å². The Labute approximate surface area is 124 Å². The molecular formula is C17H19N3O. The van der Waals surface area contributed by atoms with E-state index >= 15 is 0 Å². The van der Waals surface area contributed by atoms with E-state index < -0.39 is 0 Å². The number of hydrogen-bond donors (Lipinski definition) is 1. The van der Waals surface area contributed by atoms with Crippen LogP contribution in [-0.2, 0) is 13.1 Å².